The van der Waals surface area contributed by atoms with Gasteiger partial charge in [0.2, 0.25) is 10.0 Å². The third kappa shape index (κ3) is 4.47. The van der Waals surface area contributed by atoms with Crippen molar-refractivity contribution < 1.29 is 17.9 Å². The highest BCUT2D eigenvalue weighted by atomic mass is 32.2. The molecule has 2 heterocycles. The van der Waals surface area contributed by atoms with E-state index in [4.69, 9.17) is 4.74 Å². The Kier molecular flexibility index (Phi) is 5.52. The first-order chi connectivity index (χ1) is 12.1. The zero-order chi connectivity index (χ0) is 17.7. The van der Waals surface area contributed by atoms with Crippen LogP contribution >= 0.6 is 0 Å². The Morgan fingerprint density at radius 2 is 1.84 bits per heavy atom. The Hall–Kier alpha value is -2.16. The number of nitrogens with one attached hydrogen (secondary N) is 1. The van der Waals surface area contributed by atoms with Gasteiger partial charge in [0.15, 0.2) is 0 Å². The molecule has 0 atom stereocenters. The van der Waals surface area contributed by atoms with Crippen molar-refractivity contribution in [2.75, 3.05) is 38.6 Å². The van der Waals surface area contributed by atoms with E-state index >= 15 is 0 Å². The molecule has 0 saturated carbocycles. The molecule has 1 aliphatic heterocycles. The van der Waals surface area contributed by atoms with E-state index in [2.05, 4.69) is 5.32 Å². The third-order valence-electron chi connectivity index (χ3n) is 4.02. The Labute approximate surface area is 147 Å². The molecule has 1 aliphatic rings. The molecule has 0 aliphatic carbocycles. The van der Waals surface area contributed by atoms with E-state index in [1.807, 2.05) is 35.2 Å². The van der Waals surface area contributed by atoms with Gasteiger partial charge in [-0.15, -0.1) is 0 Å². The molecule has 134 valence electrons. The minimum atomic E-state index is -3.37. The van der Waals surface area contributed by atoms with Crippen molar-refractivity contribution in [2.24, 2.45) is 0 Å². The first kappa shape index (κ1) is 17.7. The number of benzene rings is 1. The number of carbonyl (C=O) groups excluding carboxylic acids is 1. The van der Waals surface area contributed by atoms with Crippen LogP contribution in [0.4, 0.5) is 0 Å². The quantitative estimate of drug-likeness (QED) is 0.826. The third-order valence-corrected chi connectivity index (χ3v) is 5.89. The summed E-state index contributed by atoms with van der Waals surface area (Å²) in [6.45, 7) is 1.65. The van der Waals surface area contributed by atoms with Gasteiger partial charge < -0.3 is 14.6 Å². The van der Waals surface area contributed by atoms with Gasteiger partial charge in [0, 0.05) is 43.3 Å². The molecule has 0 spiro atoms. The van der Waals surface area contributed by atoms with Crippen LogP contribution in [0.15, 0.2) is 48.8 Å². The molecule has 1 fully saturated rings. The monoisotopic (exact) mass is 363 g/mol. The molecule has 1 aromatic heterocycles. The topological polar surface area (TPSA) is 80.6 Å². The average Bonchev–Trinajstić information content (AvgIpc) is 3.17. The normalized spacial score (nSPS) is 15.8. The van der Waals surface area contributed by atoms with Gasteiger partial charge in [-0.2, -0.15) is 4.31 Å². The van der Waals surface area contributed by atoms with E-state index in [0.29, 0.717) is 31.9 Å². The molecule has 1 amide bonds. The second-order valence-corrected chi connectivity index (χ2v) is 7.81. The van der Waals surface area contributed by atoms with Gasteiger partial charge in [-0.3, -0.25) is 4.79 Å². The van der Waals surface area contributed by atoms with Crippen LogP contribution in [0.3, 0.4) is 0 Å². The fourth-order valence-corrected chi connectivity index (χ4v) is 3.99. The van der Waals surface area contributed by atoms with Crippen molar-refractivity contribution in [2.45, 2.75) is 0 Å². The van der Waals surface area contributed by atoms with Crippen LogP contribution in [0.1, 0.15) is 10.4 Å². The Morgan fingerprint density at radius 1 is 1.12 bits per heavy atom. The molecular weight excluding hydrogens is 342 g/mol. The summed E-state index contributed by atoms with van der Waals surface area (Å²) in [5, 5.41) is 2.68. The van der Waals surface area contributed by atoms with Crippen LogP contribution in [-0.4, -0.2) is 61.8 Å². The summed E-state index contributed by atoms with van der Waals surface area (Å²) in [6, 6.07) is 11.0. The highest BCUT2D eigenvalue weighted by Crippen LogP contribution is 2.11. The predicted molar refractivity (Wildman–Crippen MR) is 94.3 cm³/mol. The van der Waals surface area contributed by atoms with Gasteiger partial charge in [0.1, 0.15) is 0 Å². The number of aromatic nitrogens is 1. The molecule has 1 aromatic carbocycles. The molecule has 0 bridgehead atoms. The molecule has 0 radical (unpaired) electrons. The number of ether oxygens (including phenoxy) is 1. The zero-order valence-electron chi connectivity index (χ0n) is 13.8. The van der Waals surface area contributed by atoms with Crippen molar-refractivity contribution >= 4 is 15.9 Å². The van der Waals surface area contributed by atoms with Crippen molar-refractivity contribution in [3.63, 3.8) is 0 Å². The molecule has 0 unspecified atom stereocenters. The van der Waals surface area contributed by atoms with Gasteiger partial charge in [-0.05, 0) is 30.3 Å². The molecule has 3 rings (SSSR count). The fraction of sp³-hybridized carbons (Fsp3) is 0.353. The van der Waals surface area contributed by atoms with Crippen molar-refractivity contribution in [3.8, 4) is 5.69 Å². The zero-order valence-corrected chi connectivity index (χ0v) is 14.6. The Bertz CT molecular complexity index is 812. The lowest BCUT2D eigenvalue weighted by Crippen LogP contribution is -2.43. The first-order valence-corrected chi connectivity index (χ1v) is 9.74. The Balaban J connectivity index is 1.57. The SMILES string of the molecule is O=C(NCCS(=O)(=O)N1CCOCC1)c1cccc(-n2cccc2)c1. The summed E-state index contributed by atoms with van der Waals surface area (Å²) in [6.07, 6.45) is 3.79. The molecule has 1 saturated heterocycles. The van der Waals surface area contributed by atoms with E-state index in [1.165, 1.54) is 4.31 Å². The highest BCUT2D eigenvalue weighted by molar-refractivity contribution is 7.89. The molecule has 8 heteroatoms. The van der Waals surface area contributed by atoms with E-state index in [0.717, 1.165) is 5.69 Å². The number of sulfonamides is 1. The predicted octanol–water partition coefficient (Wildman–Crippen LogP) is 0.869. The smallest absolute Gasteiger partial charge is 0.251 e. The summed E-state index contributed by atoms with van der Waals surface area (Å²) < 4.78 is 32.9. The molecular formula is C17H21N3O4S. The van der Waals surface area contributed by atoms with Gasteiger partial charge in [0.25, 0.3) is 5.91 Å². The standard InChI is InChI=1S/C17H21N3O4S/c21-17(15-4-3-5-16(14-15)19-7-1-2-8-19)18-6-13-25(22,23)20-9-11-24-12-10-20/h1-5,7-8,14H,6,9-13H2,(H,18,21). The maximum Gasteiger partial charge on any atom is 0.251 e. The van der Waals surface area contributed by atoms with Crippen LogP contribution in [0.2, 0.25) is 0 Å². The lowest BCUT2D eigenvalue weighted by molar-refractivity contribution is 0.0730. The van der Waals surface area contributed by atoms with E-state index < -0.39 is 10.0 Å². The highest BCUT2D eigenvalue weighted by Gasteiger charge is 2.24. The second kappa shape index (κ2) is 7.81. The summed E-state index contributed by atoms with van der Waals surface area (Å²) in [5.41, 5.74) is 1.37. The van der Waals surface area contributed by atoms with Crippen LogP contribution < -0.4 is 5.32 Å². The maximum absolute atomic E-state index is 12.3. The van der Waals surface area contributed by atoms with Crippen LogP contribution in [0.5, 0.6) is 0 Å². The van der Waals surface area contributed by atoms with Crippen molar-refractivity contribution in [3.05, 3.63) is 54.4 Å². The lowest BCUT2D eigenvalue weighted by Gasteiger charge is -2.26. The summed E-state index contributed by atoms with van der Waals surface area (Å²) in [4.78, 5) is 12.3. The number of hydrogen-bond acceptors (Lipinski definition) is 4. The fourth-order valence-electron chi connectivity index (χ4n) is 2.66. The largest absolute Gasteiger partial charge is 0.379 e. The van der Waals surface area contributed by atoms with E-state index in [-0.39, 0.29) is 18.2 Å². The number of nitrogens with zero attached hydrogens (tertiary/aromatic N) is 2. The van der Waals surface area contributed by atoms with Gasteiger partial charge >= 0.3 is 0 Å². The summed E-state index contributed by atoms with van der Waals surface area (Å²) in [5.74, 6) is -0.401. The van der Waals surface area contributed by atoms with Crippen LogP contribution in [0.25, 0.3) is 5.69 Å². The number of morpholine rings is 1. The first-order valence-electron chi connectivity index (χ1n) is 8.13. The average molecular weight is 363 g/mol. The molecule has 1 N–H and O–H groups in total. The second-order valence-electron chi connectivity index (χ2n) is 5.72. The van der Waals surface area contributed by atoms with Crippen LogP contribution in [0, 0.1) is 0 Å². The Morgan fingerprint density at radius 3 is 2.56 bits per heavy atom. The van der Waals surface area contributed by atoms with Gasteiger partial charge in [-0.1, -0.05) is 6.07 Å². The maximum atomic E-state index is 12.3. The van der Waals surface area contributed by atoms with Gasteiger partial charge in [0.05, 0.1) is 19.0 Å². The van der Waals surface area contributed by atoms with Gasteiger partial charge in [-0.25, -0.2) is 8.42 Å². The summed E-state index contributed by atoms with van der Waals surface area (Å²) >= 11 is 0. The van der Waals surface area contributed by atoms with Crippen LogP contribution in [-0.2, 0) is 14.8 Å². The van der Waals surface area contributed by atoms with Crippen molar-refractivity contribution in [1.82, 2.24) is 14.2 Å². The molecule has 25 heavy (non-hydrogen) atoms. The molecule has 7 nitrogen and oxygen atoms in total. The number of carbonyl (C=O) groups is 1. The minimum absolute atomic E-state index is 0.0757. The number of amides is 1. The van der Waals surface area contributed by atoms with E-state index in [9.17, 15) is 13.2 Å². The minimum Gasteiger partial charge on any atom is -0.379 e. The summed E-state index contributed by atoms with van der Waals surface area (Å²) in [7, 11) is -3.37. The number of hydrogen-bond donors (Lipinski definition) is 1. The van der Waals surface area contributed by atoms with E-state index in [1.54, 1.807) is 18.2 Å². The van der Waals surface area contributed by atoms with Crippen molar-refractivity contribution in [1.29, 1.82) is 0 Å². The lowest BCUT2D eigenvalue weighted by atomic mass is 10.2. The number of rotatable bonds is 6. The molecule has 2 aromatic rings.